The van der Waals surface area contributed by atoms with Crippen molar-refractivity contribution in [3.05, 3.63) is 18.5 Å². The minimum Gasteiger partial charge on any atom is -0.394 e. The fourth-order valence-corrected chi connectivity index (χ4v) is 2.55. The number of aromatic nitrogens is 2. The summed E-state index contributed by atoms with van der Waals surface area (Å²) in [5.74, 6) is 0. The third-order valence-electron chi connectivity index (χ3n) is 3.56. The third kappa shape index (κ3) is 3.70. The standard InChI is InChI=1S/C13H22N4O2/c1-10(9-18)15-13(19)16-11-5-2-3-6-12(11)17-8-4-7-14-17/h4,7-8,10-12,18H,2-3,5-6,9H2,1H3,(H2,15,16,19)/t10-,11?,12?/m0/s1. The first kappa shape index (κ1) is 13.9. The van der Waals surface area contributed by atoms with Crippen LogP contribution in [-0.2, 0) is 0 Å². The number of nitrogens with one attached hydrogen (secondary N) is 2. The van der Waals surface area contributed by atoms with E-state index in [0.717, 1.165) is 25.7 Å². The molecular weight excluding hydrogens is 244 g/mol. The number of carbonyl (C=O) groups excluding carboxylic acids is 1. The number of rotatable bonds is 4. The zero-order valence-electron chi connectivity index (χ0n) is 11.2. The van der Waals surface area contributed by atoms with Crippen LogP contribution in [0.1, 0.15) is 38.6 Å². The molecule has 0 spiro atoms. The van der Waals surface area contributed by atoms with Crippen LogP contribution in [0.5, 0.6) is 0 Å². The normalized spacial score (nSPS) is 24.7. The van der Waals surface area contributed by atoms with Crippen molar-refractivity contribution in [3.8, 4) is 0 Å². The first-order valence-corrected chi connectivity index (χ1v) is 6.87. The summed E-state index contributed by atoms with van der Waals surface area (Å²) in [7, 11) is 0. The van der Waals surface area contributed by atoms with Gasteiger partial charge in [-0.2, -0.15) is 5.10 Å². The molecular formula is C13H22N4O2. The van der Waals surface area contributed by atoms with Gasteiger partial charge in [0.25, 0.3) is 0 Å². The molecule has 1 fully saturated rings. The molecule has 1 aromatic heterocycles. The van der Waals surface area contributed by atoms with Crippen molar-refractivity contribution in [2.75, 3.05) is 6.61 Å². The number of amides is 2. The molecule has 6 nitrogen and oxygen atoms in total. The van der Waals surface area contributed by atoms with E-state index in [1.54, 1.807) is 13.1 Å². The quantitative estimate of drug-likeness (QED) is 0.762. The van der Waals surface area contributed by atoms with Crippen molar-refractivity contribution >= 4 is 6.03 Å². The smallest absolute Gasteiger partial charge is 0.315 e. The molecule has 1 aliphatic rings. The molecule has 19 heavy (non-hydrogen) atoms. The molecule has 6 heteroatoms. The Morgan fingerprint density at radius 3 is 3.00 bits per heavy atom. The lowest BCUT2D eigenvalue weighted by molar-refractivity contribution is 0.201. The number of hydrogen-bond donors (Lipinski definition) is 3. The molecule has 3 atom stereocenters. The molecule has 3 N–H and O–H groups in total. The first-order chi connectivity index (χ1) is 9.20. The number of nitrogens with zero attached hydrogens (tertiary/aromatic N) is 2. The van der Waals surface area contributed by atoms with Gasteiger partial charge < -0.3 is 15.7 Å². The fourth-order valence-electron chi connectivity index (χ4n) is 2.55. The molecule has 1 aliphatic carbocycles. The SMILES string of the molecule is C[C@@H](CO)NC(=O)NC1CCCCC1n1cccn1. The van der Waals surface area contributed by atoms with E-state index in [9.17, 15) is 4.79 Å². The number of hydrogen-bond acceptors (Lipinski definition) is 3. The molecule has 2 unspecified atom stereocenters. The second kappa shape index (κ2) is 6.56. The van der Waals surface area contributed by atoms with Crippen LogP contribution >= 0.6 is 0 Å². The predicted molar refractivity (Wildman–Crippen MR) is 71.7 cm³/mol. The van der Waals surface area contributed by atoms with Crippen molar-refractivity contribution < 1.29 is 9.90 Å². The van der Waals surface area contributed by atoms with Crippen molar-refractivity contribution in [3.63, 3.8) is 0 Å². The molecule has 0 bridgehead atoms. The first-order valence-electron chi connectivity index (χ1n) is 6.87. The van der Waals surface area contributed by atoms with E-state index in [-0.39, 0.29) is 30.8 Å². The van der Waals surface area contributed by atoms with Crippen LogP contribution < -0.4 is 10.6 Å². The summed E-state index contributed by atoms with van der Waals surface area (Å²) in [5, 5.41) is 18.9. The highest BCUT2D eigenvalue weighted by Gasteiger charge is 2.28. The zero-order valence-corrected chi connectivity index (χ0v) is 11.2. The highest BCUT2D eigenvalue weighted by molar-refractivity contribution is 5.74. The summed E-state index contributed by atoms with van der Waals surface area (Å²) in [4.78, 5) is 11.8. The predicted octanol–water partition coefficient (Wildman–Crippen LogP) is 1.05. The summed E-state index contributed by atoms with van der Waals surface area (Å²) in [6.45, 7) is 1.71. The largest absolute Gasteiger partial charge is 0.394 e. The summed E-state index contributed by atoms with van der Waals surface area (Å²) < 4.78 is 1.93. The molecule has 2 amide bonds. The van der Waals surface area contributed by atoms with Crippen LogP contribution in [0.4, 0.5) is 4.79 Å². The van der Waals surface area contributed by atoms with E-state index in [2.05, 4.69) is 15.7 Å². The summed E-state index contributed by atoms with van der Waals surface area (Å²) in [6, 6.07) is 1.77. The average molecular weight is 266 g/mol. The van der Waals surface area contributed by atoms with Crippen LogP contribution in [-0.4, -0.2) is 39.6 Å². The molecule has 106 valence electrons. The Balaban J connectivity index is 1.94. The second-order valence-electron chi connectivity index (χ2n) is 5.15. The van der Waals surface area contributed by atoms with E-state index in [0.29, 0.717) is 0 Å². The molecule has 0 saturated heterocycles. The van der Waals surface area contributed by atoms with Gasteiger partial charge >= 0.3 is 6.03 Å². The van der Waals surface area contributed by atoms with Gasteiger partial charge in [-0.05, 0) is 25.8 Å². The Morgan fingerprint density at radius 2 is 2.32 bits per heavy atom. The Morgan fingerprint density at radius 1 is 1.53 bits per heavy atom. The van der Waals surface area contributed by atoms with Gasteiger partial charge in [0.2, 0.25) is 0 Å². The Labute approximate surface area is 113 Å². The molecule has 1 aromatic rings. The maximum Gasteiger partial charge on any atom is 0.315 e. The number of carbonyl (C=O) groups is 1. The van der Waals surface area contributed by atoms with Crippen molar-refractivity contribution in [1.82, 2.24) is 20.4 Å². The van der Waals surface area contributed by atoms with Crippen LogP contribution in [0.15, 0.2) is 18.5 Å². The van der Waals surface area contributed by atoms with Gasteiger partial charge in [0, 0.05) is 12.4 Å². The molecule has 1 heterocycles. The number of aliphatic hydroxyl groups is 1. The maximum absolute atomic E-state index is 11.8. The minimum absolute atomic E-state index is 0.0549. The summed E-state index contributed by atoms with van der Waals surface area (Å²) >= 11 is 0. The molecule has 0 aliphatic heterocycles. The van der Waals surface area contributed by atoms with E-state index in [1.165, 1.54) is 0 Å². The lowest BCUT2D eigenvalue weighted by Gasteiger charge is -2.32. The summed E-state index contributed by atoms with van der Waals surface area (Å²) in [5.41, 5.74) is 0. The van der Waals surface area contributed by atoms with E-state index in [1.807, 2.05) is 16.9 Å². The van der Waals surface area contributed by atoms with E-state index >= 15 is 0 Å². The van der Waals surface area contributed by atoms with Crippen LogP contribution in [0.2, 0.25) is 0 Å². The van der Waals surface area contributed by atoms with Gasteiger partial charge in [0.1, 0.15) is 0 Å². The van der Waals surface area contributed by atoms with Crippen molar-refractivity contribution in [2.45, 2.75) is 50.7 Å². The van der Waals surface area contributed by atoms with Crippen molar-refractivity contribution in [1.29, 1.82) is 0 Å². The van der Waals surface area contributed by atoms with Gasteiger partial charge in [-0.3, -0.25) is 4.68 Å². The van der Waals surface area contributed by atoms with Gasteiger partial charge in [-0.1, -0.05) is 12.8 Å². The molecule has 1 saturated carbocycles. The van der Waals surface area contributed by atoms with Gasteiger partial charge in [-0.15, -0.1) is 0 Å². The topological polar surface area (TPSA) is 79.2 Å². The van der Waals surface area contributed by atoms with Crippen LogP contribution in [0.3, 0.4) is 0 Å². The zero-order chi connectivity index (χ0) is 13.7. The third-order valence-corrected chi connectivity index (χ3v) is 3.56. The Hall–Kier alpha value is -1.56. The minimum atomic E-state index is -0.230. The van der Waals surface area contributed by atoms with Crippen LogP contribution in [0.25, 0.3) is 0 Å². The Kier molecular flexibility index (Phi) is 4.79. The lowest BCUT2D eigenvalue weighted by atomic mass is 9.90. The van der Waals surface area contributed by atoms with Crippen LogP contribution in [0, 0.1) is 0 Å². The molecule has 0 radical (unpaired) electrons. The van der Waals surface area contributed by atoms with E-state index < -0.39 is 0 Å². The monoisotopic (exact) mass is 266 g/mol. The molecule has 0 aromatic carbocycles. The summed E-state index contributed by atoms with van der Waals surface area (Å²) in [6.07, 6.45) is 7.99. The highest BCUT2D eigenvalue weighted by Crippen LogP contribution is 2.27. The van der Waals surface area contributed by atoms with E-state index in [4.69, 9.17) is 5.11 Å². The van der Waals surface area contributed by atoms with Gasteiger partial charge in [0.05, 0.1) is 24.7 Å². The lowest BCUT2D eigenvalue weighted by Crippen LogP contribution is -2.50. The maximum atomic E-state index is 11.8. The van der Waals surface area contributed by atoms with Gasteiger partial charge in [-0.25, -0.2) is 4.79 Å². The second-order valence-corrected chi connectivity index (χ2v) is 5.15. The highest BCUT2D eigenvalue weighted by atomic mass is 16.3. The average Bonchev–Trinajstić information content (AvgIpc) is 2.93. The fraction of sp³-hybridized carbons (Fsp3) is 0.692. The number of urea groups is 1. The van der Waals surface area contributed by atoms with Crippen molar-refractivity contribution in [2.24, 2.45) is 0 Å². The van der Waals surface area contributed by atoms with Gasteiger partial charge in [0.15, 0.2) is 0 Å². The Bertz CT molecular complexity index is 393. The molecule has 2 rings (SSSR count). The number of aliphatic hydroxyl groups excluding tert-OH is 1.